The van der Waals surface area contributed by atoms with Crippen LogP contribution in [0.3, 0.4) is 0 Å². The summed E-state index contributed by atoms with van der Waals surface area (Å²) in [6.07, 6.45) is 11.0. The zero-order valence-corrected chi connectivity index (χ0v) is 22.6. The van der Waals surface area contributed by atoms with Gasteiger partial charge in [-0.25, -0.2) is 0 Å². The number of carbonyl (C=O) groups is 3. The first kappa shape index (κ1) is 27.3. The lowest BCUT2D eigenvalue weighted by atomic mass is 9.70. The van der Waals surface area contributed by atoms with Gasteiger partial charge in [-0.05, 0) is 38.5 Å². The minimum absolute atomic E-state index is 0.0182. The van der Waals surface area contributed by atoms with Crippen LogP contribution in [0, 0.1) is 11.8 Å². The van der Waals surface area contributed by atoms with Gasteiger partial charge < -0.3 is 24.4 Å². The van der Waals surface area contributed by atoms with Crippen molar-refractivity contribution in [3.63, 3.8) is 0 Å². The van der Waals surface area contributed by atoms with Gasteiger partial charge in [0.1, 0.15) is 11.6 Å². The maximum atomic E-state index is 14.2. The number of esters is 1. The number of halogens is 1. The first-order chi connectivity index (χ1) is 17.4. The van der Waals surface area contributed by atoms with Crippen molar-refractivity contribution in [3.05, 3.63) is 25.3 Å². The number of allylic oxidation sites excluding steroid dienone is 1. The van der Waals surface area contributed by atoms with E-state index in [2.05, 4.69) is 29.1 Å². The molecular weight excluding hydrogens is 528 g/mol. The van der Waals surface area contributed by atoms with Crippen LogP contribution in [0.5, 0.6) is 0 Å². The number of β-amino-alcohol motifs (C(OH)–C–C–N with tert-alkyl or cyclic N) is 1. The van der Waals surface area contributed by atoms with E-state index >= 15 is 0 Å². The number of aliphatic hydroxyl groups is 1. The number of unbranched alkanes of at least 4 members (excludes halogenated alkanes) is 2. The number of likely N-dealkylation sites (tertiary alicyclic amines) is 1. The third-order valence-electron chi connectivity index (χ3n) is 8.31. The number of amides is 2. The molecule has 6 atom stereocenters. The zero-order valence-electron chi connectivity index (χ0n) is 21.0. The van der Waals surface area contributed by atoms with Gasteiger partial charge in [0.15, 0.2) is 0 Å². The predicted octanol–water partition coefficient (Wildman–Crippen LogP) is 2.97. The van der Waals surface area contributed by atoms with E-state index < -0.39 is 35.6 Å². The van der Waals surface area contributed by atoms with E-state index in [1.807, 2.05) is 11.0 Å². The average molecular weight is 568 g/mol. The molecule has 8 nitrogen and oxygen atoms in total. The van der Waals surface area contributed by atoms with Crippen LogP contribution in [0.15, 0.2) is 25.3 Å². The molecule has 3 aliphatic heterocycles. The number of carbonyl (C=O) groups excluding carboxylic acids is 3. The number of alkyl halides is 1. The lowest BCUT2D eigenvalue weighted by molar-refractivity contribution is -0.155. The molecule has 0 radical (unpaired) electrons. The van der Waals surface area contributed by atoms with Gasteiger partial charge in [-0.2, -0.15) is 0 Å². The number of hydrogen-bond donors (Lipinski definition) is 1. The highest BCUT2D eigenvalue weighted by Crippen LogP contribution is 2.60. The van der Waals surface area contributed by atoms with Crippen molar-refractivity contribution in [3.8, 4) is 0 Å². The number of ether oxygens (including phenoxy) is 2. The van der Waals surface area contributed by atoms with Gasteiger partial charge in [0.05, 0.1) is 31.2 Å². The molecule has 4 rings (SSSR count). The van der Waals surface area contributed by atoms with E-state index in [9.17, 15) is 19.5 Å². The van der Waals surface area contributed by atoms with Crippen LogP contribution in [-0.4, -0.2) is 87.6 Å². The molecule has 1 aliphatic carbocycles. The molecule has 1 spiro atoms. The highest BCUT2D eigenvalue weighted by molar-refractivity contribution is 9.09. The Morgan fingerprint density at radius 3 is 2.64 bits per heavy atom. The molecule has 1 N–H and O–H groups in total. The molecule has 0 aromatic carbocycles. The third kappa shape index (κ3) is 4.78. The standard InChI is InChI=1S/C27H39BrN2O6/c1-3-5-6-10-16-35-26(34)20-21-24(32)30(14-15-31)23(27(21)17-19(28)22(20)36-27)25(33)29(13-4-2)18-11-8-7-9-12-18/h3-4,18-23,31H,1-2,5-17H2/t19?,20-,21+,22-,23?,27?/m1/s1. The molecule has 4 aliphatic rings. The molecule has 4 fully saturated rings. The molecule has 3 heterocycles. The van der Waals surface area contributed by atoms with Gasteiger partial charge in [0, 0.05) is 24.0 Å². The molecule has 3 unspecified atom stereocenters. The summed E-state index contributed by atoms with van der Waals surface area (Å²) >= 11 is 3.67. The van der Waals surface area contributed by atoms with Crippen LogP contribution in [0.25, 0.3) is 0 Å². The lowest BCUT2D eigenvalue weighted by Gasteiger charge is -2.40. The maximum absolute atomic E-state index is 14.2. The normalized spacial score (nSPS) is 33.4. The van der Waals surface area contributed by atoms with Gasteiger partial charge in [-0.3, -0.25) is 14.4 Å². The SMILES string of the molecule is C=CCCCCOC(=O)[C@H]1[C@@H]2OC3(CC2Br)C(C(=O)N(CC=C)C2CCCCC2)N(CCO)C(=O)[C@H]13. The van der Waals surface area contributed by atoms with Gasteiger partial charge in [-0.1, -0.05) is 47.3 Å². The summed E-state index contributed by atoms with van der Waals surface area (Å²) in [6.45, 7) is 7.97. The zero-order chi connectivity index (χ0) is 25.9. The quantitative estimate of drug-likeness (QED) is 0.169. The molecule has 36 heavy (non-hydrogen) atoms. The molecule has 9 heteroatoms. The van der Waals surface area contributed by atoms with Crippen LogP contribution in [0.2, 0.25) is 0 Å². The van der Waals surface area contributed by atoms with Gasteiger partial charge >= 0.3 is 5.97 Å². The van der Waals surface area contributed by atoms with E-state index in [4.69, 9.17) is 9.47 Å². The van der Waals surface area contributed by atoms with Crippen LogP contribution in [0.4, 0.5) is 0 Å². The second-order valence-corrected chi connectivity index (χ2v) is 11.6. The molecule has 2 bridgehead atoms. The van der Waals surface area contributed by atoms with Crippen molar-refractivity contribution >= 4 is 33.7 Å². The second-order valence-electron chi connectivity index (χ2n) is 10.4. The van der Waals surface area contributed by atoms with Crippen molar-refractivity contribution in [1.29, 1.82) is 0 Å². The highest BCUT2D eigenvalue weighted by atomic mass is 79.9. The summed E-state index contributed by atoms with van der Waals surface area (Å²) in [5.41, 5.74) is -1.12. The van der Waals surface area contributed by atoms with Crippen molar-refractivity contribution in [2.45, 2.75) is 86.4 Å². The molecule has 0 aromatic rings. The molecule has 1 saturated carbocycles. The maximum Gasteiger partial charge on any atom is 0.312 e. The Balaban J connectivity index is 1.62. The monoisotopic (exact) mass is 566 g/mol. The Hall–Kier alpha value is -1.71. The molecular formula is C27H39BrN2O6. The molecule has 2 amide bonds. The average Bonchev–Trinajstić information content (AvgIpc) is 3.46. The minimum Gasteiger partial charge on any atom is -0.465 e. The largest absolute Gasteiger partial charge is 0.465 e. The first-order valence-corrected chi connectivity index (χ1v) is 14.2. The van der Waals surface area contributed by atoms with Crippen LogP contribution >= 0.6 is 15.9 Å². The van der Waals surface area contributed by atoms with E-state index in [1.165, 1.54) is 4.90 Å². The van der Waals surface area contributed by atoms with Crippen molar-refractivity contribution in [2.75, 3.05) is 26.3 Å². The van der Waals surface area contributed by atoms with E-state index in [1.54, 1.807) is 6.08 Å². The number of fused-ring (bicyclic) bond motifs is 1. The first-order valence-electron chi connectivity index (χ1n) is 13.3. The molecule has 0 aromatic heterocycles. The van der Waals surface area contributed by atoms with E-state index in [0.717, 1.165) is 44.9 Å². The van der Waals surface area contributed by atoms with Gasteiger partial charge in [-0.15, -0.1) is 13.2 Å². The van der Waals surface area contributed by atoms with Crippen LogP contribution < -0.4 is 0 Å². The Kier molecular flexibility index (Phi) is 8.94. The number of hydrogen-bond acceptors (Lipinski definition) is 6. The Morgan fingerprint density at radius 1 is 1.22 bits per heavy atom. The van der Waals surface area contributed by atoms with Crippen molar-refractivity contribution < 1.29 is 29.0 Å². The Bertz CT molecular complexity index is 861. The highest BCUT2D eigenvalue weighted by Gasteiger charge is 2.77. The number of nitrogens with zero attached hydrogens (tertiary/aromatic N) is 2. The van der Waals surface area contributed by atoms with Gasteiger partial charge in [0.2, 0.25) is 11.8 Å². The summed E-state index contributed by atoms with van der Waals surface area (Å²) in [5, 5.41) is 9.80. The summed E-state index contributed by atoms with van der Waals surface area (Å²) in [7, 11) is 0. The summed E-state index contributed by atoms with van der Waals surface area (Å²) in [5.74, 6) is -2.51. The van der Waals surface area contributed by atoms with Gasteiger partial charge in [0.25, 0.3) is 0 Å². The van der Waals surface area contributed by atoms with Crippen molar-refractivity contribution in [2.24, 2.45) is 11.8 Å². The number of rotatable bonds is 12. The fraction of sp³-hybridized carbons (Fsp3) is 0.741. The van der Waals surface area contributed by atoms with E-state index in [0.29, 0.717) is 19.4 Å². The third-order valence-corrected chi connectivity index (χ3v) is 9.15. The van der Waals surface area contributed by atoms with Crippen LogP contribution in [-0.2, 0) is 23.9 Å². The lowest BCUT2D eigenvalue weighted by Crippen LogP contribution is -2.59. The summed E-state index contributed by atoms with van der Waals surface area (Å²) in [6, 6.07) is -0.806. The fourth-order valence-electron chi connectivity index (χ4n) is 6.79. The second kappa shape index (κ2) is 11.8. The molecule has 3 saturated heterocycles. The van der Waals surface area contributed by atoms with E-state index in [-0.39, 0.29) is 42.4 Å². The van der Waals surface area contributed by atoms with Crippen molar-refractivity contribution in [1.82, 2.24) is 9.80 Å². The molecule has 200 valence electrons. The topological polar surface area (TPSA) is 96.4 Å². The predicted molar refractivity (Wildman–Crippen MR) is 138 cm³/mol. The summed E-state index contributed by atoms with van der Waals surface area (Å²) < 4.78 is 12.1. The Morgan fingerprint density at radius 2 is 1.97 bits per heavy atom. The fourth-order valence-corrected chi connectivity index (χ4v) is 7.74. The minimum atomic E-state index is -1.12. The number of aliphatic hydroxyl groups excluding tert-OH is 1. The Labute approximate surface area is 222 Å². The smallest absolute Gasteiger partial charge is 0.312 e. The summed E-state index contributed by atoms with van der Waals surface area (Å²) in [4.78, 5) is 44.4. The van der Waals surface area contributed by atoms with Crippen LogP contribution in [0.1, 0.15) is 57.8 Å².